The van der Waals surface area contributed by atoms with Crippen LogP contribution in [-0.2, 0) is 33.0 Å². The van der Waals surface area contributed by atoms with Crippen molar-refractivity contribution in [2.45, 2.75) is 86.4 Å². The van der Waals surface area contributed by atoms with Crippen LogP contribution in [0.1, 0.15) is 63.3 Å². The molecule has 4 fully saturated rings. The Balaban J connectivity index is 1.07. The van der Waals surface area contributed by atoms with Crippen LogP contribution in [0.25, 0.3) is 0 Å². The van der Waals surface area contributed by atoms with Gasteiger partial charge in [0, 0.05) is 68.1 Å². The van der Waals surface area contributed by atoms with Crippen LogP contribution in [0.5, 0.6) is 0 Å². The summed E-state index contributed by atoms with van der Waals surface area (Å²) in [6, 6.07) is 14.6. The topological polar surface area (TPSA) is 96.8 Å². The third-order valence-corrected chi connectivity index (χ3v) is 14.1. The Kier molecular flexibility index (Phi) is 9.76. The molecule has 0 bridgehead atoms. The predicted molar refractivity (Wildman–Crippen MR) is 188 cm³/mol. The molecule has 3 atom stereocenters. The molecule has 0 unspecified atom stereocenters. The molecule has 2 saturated heterocycles. The molecule has 3 aromatic rings. The fourth-order valence-corrected chi connectivity index (χ4v) is 10.9. The Morgan fingerprint density at radius 3 is 2.47 bits per heavy atom. The maximum Gasteiger partial charge on any atom is 0.407 e. The first-order chi connectivity index (χ1) is 23.7. The summed E-state index contributed by atoms with van der Waals surface area (Å²) in [6.45, 7) is 7.70. The number of hydrogen-bond donors (Lipinski definition) is 1. The summed E-state index contributed by atoms with van der Waals surface area (Å²) in [5.74, 6) is 1.74. The Hall–Kier alpha value is -3.44. The van der Waals surface area contributed by atoms with Crippen LogP contribution >= 0.6 is 0 Å². The molecule has 0 radical (unpaired) electrons. The van der Waals surface area contributed by atoms with Crippen LogP contribution in [-0.4, -0.2) is 80.1 Å². The number of hydrogen-bond acceptors (Lipinski definition) is 7. The van der Waals surface area contributed by atoms with Crippen molar-refractivity contribution in [3.8, 4) is 0 Å². The number of imidazole rings is 1. The fourth-order valence-electron chi connectivity index (χ4n) is 9.22. The molecule has 49 heavy (non-hydrogen) atoms. The SMILES string of the molecule is CCc1nccn1C[C@](c1cccc(F)c1)(C1CCN(CC2CN(c3ccc(S(=O)(=O)C4CC4)cc3)C2)CC1)[C@H]1CCC[C@@H]1NC(=O)OC. The monoisotopic (exact) mass is 691 g/mol. The summed E-state index contributed by atoms with van der Waals surface area (Å²) in [5.41, 5.74) is 1.69. The second-order valence-corrected chi connectivity index (χ2v) is 17.0. The minimum absolute atomic E-state index is 0.0637. The molecule has 9 nitrogen and oxygen atoms in total. The number of carbonyl (C=O) groups excluding carboxylic acids is 1. The van der Waals surface area contributed by atoms with Crippen LogP contribution in [0, 0.1) is 23.6 Å². The zero-order valence-corrected chi connectivity index (χ0v) is 29.6. The maximum atomic E-state index is 15.1. The van der Waals surface area contributed by atoms with Gasteiger partial charge in [-0.1, -0.05) is 25.5 Å². The lowest BCUT2D eigenvalue weighted by Gasteiger charge is -2.51. The number of carbonyl (C=O) groups is 1. The average molecular weight is 692 g/mol. The molecule has 1 N–H and O–H groups in total. The first-order valence-electron chi connectivity index (χ1n) is 18.1. The molecule has 1 aromatic heterocycles. The first-order valence-corrected chi connectivity index (χ1v) is 19.7. The lowest BCUT2D eigenvalue weighted by atomic mass is 9.58. The number of sulfone groups is 1. The number of likely N-dealkylation sites (tertiary alicyclic amines) is 1. The molecule has 4 aliphatic rings. The number of nitrogens with zero attached hydrogens (tertiary/aromatic N) is 4. The summed E-state index contributed by atoms with van der Waals surface area (Å²) in [5, 5.41) is 2.99. The maximum absolute atomic E-state index is 15.1. The van der Waals surface area contributed by atoms with Gasteiger partial charge in [0.05, 0.1) is 17.3 Å². The Labute approximate surface area is 290 Å². The number of nitrogens with one attached hydrogen (secondary N) is 1. The van der Waals surface area contributed by atoms with Gasteiger partial charge in [0.2, 0.25) is 0 Å². The van der Waals surface area contributed by atoms with Gasteiger partial charge in [-0.2, -0.15) is 0 Å². The predicted octanol–water partition coefficient (Wildman–Crippen LogP) is 5.83. The van der Waals surface area contributed by atoms with Gasteiger partial charge < -0.3 is 24.4 Å². The molecule has 11 heteroatoms. The highest BCUT2D eigenvalue weighted by Crippen LogP contribution is 2.52. The number of amides is 1. The molecular weight excluding hydrogens is 642 g/mol. The van der Waals surface area contributed by atoms with Crippen molar-refractivity contribution in [1.29, 1.82) is 0 Å². The molecule has 0 spiro atoms. The number of aromatic nitrogens is 2. The fraction of sp³-hybridized carbons (Fsp3) is 0.579. The van der Waals surface area contributed by atoms with E-state index < -0.39 is 21.3 Å². The number of ether oxygens (including phenoxy) is 1. The Morgan fingerprint density at radius 1 is 1.04 bits per heavy atom. The van der Waals surface area contributed by atoms with Gasteiger partial charge in [-0.25, -0.2) is 22.6 Å². The molecule has 2 aliphatic heterocycles. The van der Waals surface area contributed by atoms with Crippen LogP contribution in [0.15, 0.2) is 65.8 Å². The number of methoxy groups -OCH3 is 1. The van der Waals surface area contributed by atoms with Crippen molar-refractivity contribution in [1.82, 2.24) is 19.8 Å². The van der Waals surface area contributed by atoms with Gasteiger partial charge >= 0.3 is 6.09 Å². The number of piperidine rings is 1. The van der Waals surface area contributed by atoms with Gasteiger partial charge in [-0.3, -0.25) is 0 Å². The summed E-state index contributed by atoms with van der Waals surface area (Å²) < 4.78 is 47.6. The largest absolute Gasteiger partial charge is 0.453 e. The summed E-state index contributed by atoms with van der Waals surface area (Å²) in [6.07, 6.45) is 10.7. The van der Waals surface area contributed by atoms with Gasteiger partial charge in [0.15, 0.2) is 9.84 Å². The van der Waals surface area contributed by atoms with E-state index in [0.29, 0.717) is 17.4 Å². The minimum Gasteiger partial charge on any atom is -0.453 e. The molecule has 7 rings (SSSR count). The second kappa shape index (κ2) is 14.1. The number of alkyl carbamates (subject to hydrolysis) is 1. The number of rotatable bonds is 12. The highest BCUT2D eigenvalue weighted by atomic mass is 32.2. The molecular formula is C38H50FN5O4S. The van der Waals surface area contributed by atoms with Gasteiger partial charge in [0.25, 0.3) is 0 Å². The number of benzene rings is 2. The molecule has 264 valence electrons. The lowest BCUT2D eigenvalue weighted by molar-refractivity contribution is 0.0541. The van der Waals surface area contributed by atoms with Gasteiger partial charge in [-0.15, -0.1) is 0 Å². The summed E-state index contributed by atoms with van der Waals surface area (Å²) in [7, 11) is -1.76. The number of halogens is 1. The third kappa shape index (κ3) is 6.85. The summed E-state index contributed by atoms with van der Waals surface area (Å²) in [4.78, 5) is 22.6. The van der Waals surface area contributed by atoms with E-state index in [1.807, 2.05) is 24.4 Å². The van der Waals surface area contributed by atoms with Crippen LogP contribution < -0.4 is 10.2 Å². The zero-order valence-electron chi connectivity index (χ0n) is 28.8. The van der Waals surface area contributed by atoms with Crippen molar-refractivity contribution in [3.05, 3.63) is 78.1 Å². The average Bonchev–Trinajstić information content (AvgIpc) is 3.72. The van der Waals surface area contributed by atoms with Crippen molar-refractivity contribution in [2.75, 3.05) is 44.7 Å². The standard InChI is InChI=1S/C38H50FN5O4S/c1-3-36-40-18-21-43(36)26-38(29-6-4-7-30(39)22-29,34-8-5-9-35(34)41-37(45)48-2)28-16-19-42(20-17-28)23-27-24-44(25-27)31-10-12-32(13-11-31)49(46,47)33-14-15-33/h4,6-7,10-13,18,21-22,27-28,33-35H,3,5,8-9,14-17,19-20,23-26H2,1-2H3,(H,41,45)/t34-,35-,38+/m0/s1. The van der Waals surface area contributed by atoms with Crippen molar-refractivity contribution >= 4 is 21.6 Å². The Morgan fingerprint density at radius 2 is 1.80 bits per heavy atom. The van der Waals surface area contributed by atoms with E-state index in [-0.39, 0.29) is 28.9 Å². The van der Waals surface area contributed by atoms with Crippen molar-refractivity contribution in [3.63, 3.8) is 0 Å². The van der Waals surface area contributed by atoms with Gasteiger partial charge in [-0.05, 0) is 105 Å². The first kappa shape index (κ1) is 34.0. The van der Waals surface area contributed by atoms with E-state index in [2.05, 4.69) is 43.9 Å². The minimum atomic E-state index is -3.17. The molecule has 3 heterocycles. The highest BCUT2D eigenvalue weighted by molar-refractivity contribution is 7.92. The zero-order chi connectivity index (χ0) is 34.2. The second-order valence-electron chi connectivity index (χ2n) is 14.7. The molecule has 1 amide bonds. The van der Waals surface area contributed by atoms with E-state index in [4.69, 9.17) is 4.74 Å². The smallest absolute Gasteiger partial charge is 0.407 e. The van der Waals surface area contributed by atoms with E-state index in [0.717, 1.165) is 101 Å². The molecule has 2 aromatic carbocycles. The van der Waals surface area contributed by atoms with Crippen LogP contribution in [0.3, 0.4) is 0 Å². The number of anilines is 1. The summed E-state index contributed by atoms with van der Waals surface area (Å²) >= 11 is 0. The quantitative estimate of drug-likeness (QED) is 0.255. The molecule has 2 aliphatic carbocycles. The van der Waals surface area contributed by atoms with E-state index >= 15 is 4.39 Å². The van der Waals surface area contributed by atoms with Crippen LogP contribution in [0.4, 0.5) is 14.9 Å². The number of aryl methyl sites for hydroxylation is 1. The van der Waals surface area contributed by atoms with Crippen molar-refractivity contribution in [2.24, 2.45) is 17.8 Å². The normalized spacial score (nSPS) is 23.6. The highest BCUT2D eigenvalue weighted by Gasteiger charge is 2.52. The Bertz CT molecular complexity index is 1710. The molecule has 2 saturated carbocycles. The van der Waals surface area contributed by atoms with Crippen LogP contribution in [0.2, 0.25) is 0 Å². The van der Waals surface area contributed by atoms with E-state index in [1.54, 1.807) is 18.2 Å². The van der Waals surface area contributed by atoms with Crippen molar-refractivity contribution < 1.29 is 22.3 Å². The van der Waals surface area contributed by atoms with E-state index in [1.165, 1.54) is 13.2 Å². The lowest BCUT2D eigenvalue weighted by Crippen LogP contribution is -2.56. The van der Waals surface area contributed by atoms with E-state index in [9.17, 15) is 13.2 Å². The third-order valence-electron chi connectivity index (χ3n) is 11.9. The van der Waals surface area contributed by atoms with Gasteiger partial charge in [0.1, 0.15) is 11.6 Å².